The maximum atomic E-state index is 14.3. The molecule has 6 rings (SSSR count). The first-order chi connectivity index (χ1) is 21.4. The summed E-state index contributed by atoms with van der Waals surface area (Å²) >= 11 is 0. The summed E-state index contributed by atoms with van der Waals surface area (Å²) in [5.74, 6) is -5.18. The molecule has 0 unspecified atom stereocenters. The number of allylic oxidation sites excluding steroid dienone is 2. The first-order valence-corrected chi connectivity index (χ1v) is 14.2. The van der Waals surface area contributed by atoms with Crippen molar-refractivity contribution in [3.05, 3.63) is 106 Å². The normalized spacial score (nSPS) is 21.0. The van der Waals surface area contributed by atoms with Crippen molar-refractivity contribution in [1.82, 2.24) is 0 Å². The highest BCUT2D eigenvalue weighted by Crippen LogP contribution is 2.52. The number of phenols is 7. The van der Waals surface area contributed by atoms with Crippen molar-refractivity contribution >= 4 is 11.6 Å². The summed E-state index contributed by atoms with van der Waals surface area (Å²) in [7, 11) is 0. The minimum atomic E-state index is -1.03. The molecule has 4 aromatic rings. The Balaban J connectivity index is 1.50. The monoisotopic (exact) mass is 610 g/mol. The molecule has 2 aliphatic rings. The van der Waals surface area contributed by atoms with Crippen LogP contribution in [0.4, 0.5) is 0 Å². The fourth-order valence-corrected chi connectivity index (χ4v) is 6.51. The minimum Gasteiger partial charge on any atom is -0.508 e. The average Bonchev–Trinajstić information content (AvgIpc) is 2.96. The van der Waals surface area contributed by atoms with Gasteiger partial charge in [-0.05, 0) is 55.3 Å². The standard InChI is InChI=1S/C35H30O10/c1-16-8-24(20-5-2-17(36)10-27(20)39)34(35(44)22-7-4-18(37)11-28(22)40)25(9-16)23-13-26(30(42)14-29(23)41)33-15-31(43)21-6-3-19(38)12-32(21)45-33/h2-7,9-14,24-25,33-34,36-42H,8,15H2,1H3/t24-,25-,33-,34+/m0/s1. The molecular formula is C35H30O10. The van der Waals surface area contributed by atoms with Gasteiger partial charge >= 0.3 is 0 Å². The largest absolute Gasteiger partial charge is 0.508 e. The van der Waals surface area contributed by atoms with Gasteiger partial charge in [0, 0.05) is 53.1 Å². The van der Waals surface area contributed by atoms with Crippen LogP contribution in [-0.2, 0) is 0 Å². The molecule has 10 heteroatoms. The summed E-state index contributed by atoms with van der Waals surface area (Å²) in [6, 6.07) is 14.4. The van der Waals surface area contributed by atoms with Crippen LogP contribution in [0.5, 0.6) is 46.0 Å². The van der Waals surface area contributed by atoms with E-state index in [0.717, 1.165) is 17.7 Å². The van der Waals surface area contributed by atoms with Gasteiger partial charge in [0.05, 0.1) is 17.5 Å². The Morgan fingerprint density at radius 1 is 0.689 bits per heavy atom. The quantitative estimate of drug-likeness (QED) is 0.104. The molecule has 0 fully saturated rings. The van der Waals surface area contributed by atoms with Gasteiger partial charge in [-0.3, -0.25) is 9.59 Å². The van der Waals surface area contributed by atoms with Crippen molar-refractivity contribution in [3.63, 3.8) is 0 Å². The molecule has 0 saturated carbocycles. The van der Waals surface area contributed by atoms with Crippen LogP contribution < -0.4 is 4.74 Å². The molecule has 1 aliphatic carbocycles. The van der Waals surface area contributed by atoms with E-state index in [1.165, 1.54) is 54.6 Å². The van der Waals surface area contributed by atoms with Crippen LogP contribution in [0.2, 0.25) is 0 Å². The zero-order chi connectivity index (χ0) is 32.2. The number of ketones is 2. The third-order valence-electron chi connectivity index (χ3n) is 8.58. The summed E-state index contributed by atoms with van der Waals surface area (Å²) in [6.45, 7) is 1.83. The van der Waals surface area contributed by atoms with Gasteiger partial charge in [-0.25, -0.2) is 0 Å². The summed E-state index contributed by atoms with van der Waals surface area (Å²) in [4.78, 5) is 27.3. The Morgan fingerprint density at radius 3 is 2.02 bits per heavy atom. The van der Waals surface area contributed by atoms with Gasteiger partial charge in [0.25, 0.3) is 0 Å². The number of carbonyl (C=O) groups excluding carboxylic acids is 2. The van der Waals surface area contributed by atoms with E-state index < -0.39 is 35.4 Å². The molecule has 0 aromatic heterocycles. The molecule has 0 radical (unpaired) electrons. The van der Waals surface area contributed by atoms with Crippen molar-refractivity contribution in [2.45, 2.75) is 37.7 Å². The molecule has 0 spiro atoms. The van der Waals surface area contributed by atoms with E-state index >= 15 is 0 Å². The number of Topliss-reactive ketones (excluding diaryl/α,β-unsaturated/α-hetero) is 2. The van der Waals surface area contributed by atoms with Gasteiger partial charge in [-0.2, -0.15) is 0 Å². The number of hydrogen-bond acceptors (Lipinski definition) is 10. The van der Waals surface area contributed by atoms with Crippen LogP contribution in [0, 0.1) is 5.92 Å². The number of aromatic hydroxyl groups is 7. The lowest BCUT2D eigenvalue weighted by Gasteiger charge is -2.37. The number of hydrogen-bond donors (Lipinski definition) is 7. The van der Waals surface area contributed by atoms with Crippen molar-refractivity contribution < 1.29 is 50.1 Å². The molecular weight excluding hydrogens is 580 g/mol. The summed E-state index contributed by atoms with van der Waals surface area (Å²) < 4.78 is 6.02. The lowest BCUT2D eigenvalue weighted by molar-refractivity contribution is 0.0846. The van der Waals surface area contributed by atoms with Crippen molar-refractivity contribution in [2.24, 2.45) is 5.92 Å². The minimum absolute atomic E-state index is 0.0878. The Labute approximate surface area is 257 Å². The van der Waals surface area contributed by atoms with Crippen LogP contribution in [0.25, 0.3) is 0 Å². The van der Waals surface area contributed by atoms with Crippen LogP contribution >= 0.6 is 0 Å². The van der Waals surface area contributed by atoms with Crippen molar-refractivity contribution in [2.75, 3.05) is 0 Å². The van der Waals surface area contributed by atoms with E-state index in [1.807, 2.05) is 6.92 Å². The summed E-state index contributed by atoms with van der Waals surface area (Å²) in [6.07, 6.45) is 0.996. The molecule has 7 N–H and O–H groups in total. The first kappa shape index (κ1) is 29.4. The topological polar surface area (TPSA) is 185 Å². The molecule has 4 aromatic carbocycles. The van der Waals surface area contributed by atoms with Crippen LogP contribution in [0.15, 0.2) is 78.4 Å². The molecule has 0 bridgehead atoms. The van der Waals surface area contributed by atoms with Gasteiger partial charge in [-0.15, -0.1) is 0 Å². The number of fused-ring (bicyclic) bond motifs is 1. The number of rotatable bonds is 5. The molecule has 45 heavy (non-hydrogen) atoms. The number of ether oxygens (including phenoxy) is 1. The van der Waals surface area contributed by atoms with Gasteiger partial charge in [0.1, 0.15) is 52.1 Å². The Bertz CT molecular complexity index is 1890. The maximum absolute atomic E-state index is 14.3. The Kier molecular flexibility index (Phi) is 7.28. The lowest BCUT2D eigenvalue weighted by Crippen LogP contribution is -2.31. The summed E-state index contributed by atoms with van der Waals surface area (Å²) in [5.41, 5.74) is 1.76. The predicted molar refractivity (Wildman–Crippen MR) is 161 cm³/mol. The number of benzene rings is 4. The smallest absolute Gasteiger partial charge is 0.171 e. The highest BCUT2D eigenvalue weighted by atomic mass is 16.5. The molecule has 230 valence electrons. The fourth-order valence-electron chi connectivity index (χ4n) is 6.51. The molecule has 1 heterocycles. The molecule has 1 aliphatic heterocycles. The van der Waals surface area contributed by atoms with E-state index in [0.29, 0.717) is 12.0 Å². The second-order valence-electron chi connectivity index (χ2n) is 11.6. The highest BCUT2D eigenvalue weighted by Gasteiger charge is 2.43. The predicted octanol–water partition coefficient (Wildman–Crippen LogP) is 6.05. The van der Waals surface area contributed by atoms with E-state index in [4.69, 9.17) is 4.74 Å². The lowest BCUT2D eigenvalue weighted by atomic mass is 9.65. The van der Waals surface area contributed by atoms with Gasteiger partial charge < -0.3 is 40.5 Å². The highest BCUT2D eigenvalue weighted by molar-refractivity contribution is 6.02. The van der Waals surface area contributed by atoms with Crippen LogP contribution in [0.1, 0.15) is 75.1 Å². The van der Waals surface area contributed by atoms with E-state index in [1.54, 1.807) is 6.08 Å². The van der Waals surface area contributed by atoms with Crippen LogP contribution in [-0.4, -0.2) is 47.3 Å². The SMILES string of the molecule is CC1=C[C@@H](c2cc([C@@H]3CC(=O)c4ccc(O)cc4O3)c(O)cc2O)[C@H](C(=O)c2ccc(O)cc2O)[C@H](c2ccc(O)cc2O)C1. The van der Waals surface area contributed by atoms with Crippen molar-refractivity contribution in [3.8, 4) is 46.0 Å². The Morgan fingerprint density at radius 2 is 1.31 bits per heavy atom. The molecule has 4 atom stereocenters. The third-order valence-corrected chi connectivity index (χ3v) is 8.58. The number of carbonyl (C=O) groups is 2. The zero-order valence-corrected chi connectivity index (χ0v) is 24.0. The number of phenolic OH excluding ortho intramolecular Hbond substituents is 7. The first-order valence-electron chi connectivity index (χ1n) is 14.2. The fraction of sp³-hybridized carbons (Fsp3) is 0.200. The summed E-state index contributed by atoms with van der Waals surface area (Å²) in [5, 5.41) is 73.4. The van der Waals surface area contributed by atoms with Crippen molar-refractivity contribution in [1.29, 1.82) is 0 Å². The average molecular weight is 611 g/mol. The molecule has 0 saturated heterocycles. The maximum Gasteiger partial charge on any atom is 0.171 e. The van der Waals surface area contributed by atoms with Gasteiger partial charge in [-0.1, -0.05) is 17.7 Å². The van der Waals surface area contributed by atoms with Gasteiger partial charge in [0.15, 0.2) is 11.6 Å². The van der Waals surface area contributed by atoms with E-state index in [2.05, 4.69) is 0 Å². The Hall–Kier alpha value is -5.64. The zero-order valence-electron chi connectivity index (χ0n) is 24.0. The van der Waals surface area contributed by atoms with Crippen LogP contribution in [0.3, 0.4) is 0 Å². The second kappa shape index (κ2) is 11.1. The molecule has 10 nitrogen and oxygen atoms in total. The van der Waals surface area contributed by atoms with Gasteiger partial charge in [0.2, 0.25) is 0 Å². The van der Waals surface area contributed by atoms with E-state index in [-0.39, 0.29) is 74.7 Å². The van der Waals surface area contributed by atoms with E-state index in [9.17, 15) is 45.3 Å². The third kappa shape index (κ3) is 5.35. The second-order valence-corrected chi connectivity index (χ2v) is 11.6. The molecule has 0 amide bonds.